The minimum atomic E-state index is -0.402. The lowest BCUT2D eigenvalue weighted by molar-refractivity contribution is -0.114. The zero-order chi connectivity index (χ0) is 21.4. The molecule has 1 aromatic carbocycles. The zero-order valence-corrected chi connectivity index (χ0v) is 19.3. The molecular formula is C23H24IN5O2. The Morgan fingerprint density at radius 2 is 1.87 bits per heavy atom. The van der Waals surface area contributed by atoms with E-state index in [1.807, 2.05) is 24.3 Å². The van der Waals surface area contributed by atoms with Crippen LogP contribution in [0, 0.1) is 9.49 Å². The van der Waals surface area contributed by atoms with E-state index in [9.17, 15) is 9.59 Å². The van der Waals surface area contributed by atoms with Gasteiger partial charge in [0.05, 0.1) is 17.5 Å². The van der Waals surface area contributed by atoms with E-state index >= 15 is 0 Å². The number of rotatable bonds is 5. The Morgan fingerprint density at radius 3 is 2.58 bits per heavy atom. The van der Waals surface area contributed by atoms with Crippen molar-refractivity contribution in [1.82, 2.24) is 15.2 Å². The summed E-state index contributed by atoms with van der Waals surface area (Å²) in [6.45, 7) is 5.44. The summed E-state index contributed by atoms with van der Waals surface area (Å²) in [6, 6.07) is 9.43. The number of halogens is 1. The molecule has 0 atom stereocenters. The van der Waals surface area contributed by atoms with Gasteiger partial charge in [-0.05, 0) is 71.7 Å². The molecule has 2 fully saturated rings. The minimum absolute atomic E-state index is 0.364. The van der Waals surface area contributed by atoms with E-state index < -0.39 is 5.91 Å². The molecule has 2 amide bonds. The third kappa shape index (κ3) is 4.59. The number of hydrogen-bond acceptors (Lipinski definition) is 6. The number of anilines is 2. The van der Waals surface area contributed by atoms with Gasteiger partial charge in [0.25, 0.3) is 11.8 Å². The van der Waals surface area contributed by atoms with Crippen molar-refractivity contribution in [2.75, 3.05) is 42.9 Å². The first kappa shape index (κ1) is 20.4. The molecule has 5 rings (SSSR count). The van der Waals surface area contributed by atoms with Crippen molar-refractivity contribution in [2.24, 2.45) is 5.92 Å². The zero-order valence-electron chi connectivity index (χ0n) is 17.1. The van der Waals surface area contributed by atoms with Crippen molar-refractivity contribution in [1.29, 1.82) is 0 Å². The number of fused-ring (bicyclic) bond motifs is 1. The number of benzene rings is 1. The molecule has 1 aromatic heterocycles. The molecule has 1 saturated carbocycles. The average Bonchev–Trinajstić information content (AvgIpc) is 3.58. The van der Waals surface area contributed by atoms with Crippen molar-refractivity contribution in [2.45, 2.75) is 12.8 Å². The van der Waals surface area contributed by atoms with Crippen LogP contribution in [-0.4, -0.2) is 54.4 Å². The monoisotopic (exact) mass is 529 g/mol. The lowest BCUT2D eigenvalue weighted by Gasteiger charge is -2.35. The molecule has 0 bridgehead atoms. The number of carbonyl (C=O) groups excluding carboxylic acids is 2. The summed E-state index contributed by atoms with van der Waals surface area (Å²) in [6.07, 6.45) is 6.22. The number of hydrogen-bond donors (Lipinski definition) is 2. The molecule has 8 heteroatoms. The highest BCUT2D eigenvalue weighted by Gasteiger charge is 2.28. The van der Waals surface area contributed by atoms with Crippen LogP contribution in [0.5, 0.6) is 0 Å². The van der Waals surface area contributed by atoms with Crippen LogP contribution in [-0.2, 0) is 4.79 Å². The fraction of sp³-hybridized carbons (Fsp3) is 0.348. The third-order valence-electron chi connectivity index (χ3n) is 6.03. The summed E-state index contributed by atoms with van der Waals surface area (Å²) in [5.41, 5.74) is 2.37. The highest BCUT2D eigenvalue weighted by Crippen LogP contribution is 2.30. The summed E-state index contributed by atoms with van der Waals surface area (Å²) in [7, 11) is 0. The second kappa shape index (κ2) is 8.58. The largest absolute Gasteiger partial charge is 0.360 e. The summed E-state index contributed by atoms with van der Waals surface area (Å²) in [4.78, 5) is 34.0. The lowest BCUT2D eigenvalue weighted by Crippen LogP contribution is -2.47. The van der Waals surface area contributed by atoms with E-state index in [-0.39, 0.29) is 5.91 Å². The van der Waals surface area contributed by atoms with Gasteiger partial charge in [0.1, 0.15) is 5.82 Å². The van der Waals surface area contributed by atoms with Crippen LogP contribution >= 0.6 is 22.6 Å². The van der Waals surface area contributed by atoms with E-state index in [0.717, 1.165) is 47.2 Å². The SMILES string of the molecule is O=C1NC(=O)c2ccc(I)cc2/C1=C/Nc1ccc(N2CCN(CC3CC3)CC2)nc1. The van der Waals surface area contributed by atoms with Crippen molar-refractivity contribution in [3.63, 3.8) is 0 Å². The number of nitrogens with one attached hydrogen (secondary N) is 2. The first-order chi connectivity index (χ1) is 15.1. The summed E-state index contributed by atoms with van der Waals surface area (Å²) in [5.74, 6) is 1.14. The average molecular weight is 529 g/mol. The molecular weight excluding hydrogens is 505 g/mol. The summed E-state index contributed by atoms with van der Waals surface area (Å²) in [5, 5.41) is 5.56. The first-order valence-corrected chi connectivity index (χ1v) is 11.7. The highest BCUT2D eigenvalue weighted by molar-refractivity contribution is 14.1. The maximum Gasteiger partial charge on any atom is 0.260 e. The number of pyridine rings is 1. The Morgan fingerprint density at radius 1 is 1.06 bits per heavy atom. The molecule has 7 nitrogen and oxygen atoms in total. The fourth-order valence-corrected chi connectivity index (χ4v) is 4.57. The van der Waals surface area contributed by atoms with Gasteiger partial charge < -0.3 is 10.2 Å². The molecule has 31 heavy (non-hydrogen) atoms. The predicted octanol–water partition coefficient (Wildman–Crippen LogP) is 2.94. The van der Waals surface area contributed by atoms with Gasteiger partial charge in [0.2, 0.25) is 0 Å². The standard InChI is InChI=1S/C23H24IN5O2/c24-16-3-5-18-19(11-16)20(23(31)27-22(18)30)13-25-17-4-6-21(26-12-17)29-9-7-28(8-10-29)14-15-1-2-15/h3-6,11-13,15,25H,1-2,7-10,14H2,(H,27,30,31)/b20-13-. The van der Waals surface area contributed by atoms with Crippen molar-refractivity contribution >= 4 is 51.5 Å². The molecule has 160 valence electrons. The second-order valence-electron chi connectivity index (χ2n) is 8.31. The molecule has 2 aromatic rings. The Hall–Kier alpha value is -2.46. The van der Waals surface area contributed by atoms with Gasteiger partial charge in [-0.2, -0.15) is 0 Å². The van der Waals surface area contributed by atoms with Crippen LogP contribution < -0.4 is 15.5 Å². The maximum atomic E-state index is 12.4. The van der Waals surface area contributed by atoms with Gasteiger partial charge in [0, 0.05) is 53.6 Å². The van der Waals surface area contributed by atoms with E-state index in [0.29, 0.717) is 16.7 Å². The van der Waals surface area contributed by atoms with Gasteiger partial charge in [-0.1, -0.05) is 0 Å². The van der Waals surface area contributed by atoms with Crippen molar-refractivity contribution in [3.8, 4) is 0 Å². The molecule has 0 unspecified atom stereocenters. The number of nitrogens with zero attached hydrogens (tertiary/aromatic N) is 3. The molecule has 3 aliphatic rings. The number of piperazine rings is 1. The van der Waals surface area contributed by atoms with Crippen LogP contribution in [0.2, 0.25) is 0 Å². The number of carbonyl (C=O) groups is 2. The Kier molecular flexibility index (Phi) is 5.66. The highest BCUT2D eigenvalue weighted by atomic mass is 127. The Bertz CT molecular complexity index is 1040. The quantitative estimate of drug-likeness (QED) is 0.353. The molecule has 2 N–H and O–H groups in total. The van der Waals surface area contributed by atoms with E-state index in [1.54, 1.807) is 18.5 Å². The van der Waals surface area contributed by atoms with Crippen LogP contribution in [0.1, 0.15) is 28.8 Å². The molecule has 0 radical (unpaired) electrons. The van der Waals surface area contributed by atoms with Crippen molar-refractivity contribution in [3.05, 3.63) is 57.4 Å². The molecule has 0 spiro atoms. The third-order valence-corrected chi connectivity index (χ3v) is 6.70. The van der Waals surface area contributed by atoms with Crippen LogP contribution in [0.25, 0.3) is 5.57 Å². The van der Waals surface area contributed by atoms with E-state index in [2.05, 4.69) is 48.0 Å². The molecule has 1 saturated heterocycles. The Labute approximate surface area is 195 Å². The van der Waals surface area contributed by atoms with E-state index in [1.165, 1.54) is 19.4 Å². The number of amides is 2. The molecule has 2 aliphatic heterocycles. The van der Waals surface area contributed by atoms with Gasteiger partial charge in [0.15, 0.2) is 0 Å². The topological polar surface area (TPSA) is 77.6 Å². The number of imide groups is 1. The smallest absolute Gasteiger partial charge is 0.260 e. The predicted molar refractivity (Wildman–Crippen MR) is 129 cm³/mol. The van der Waals surface area contributed by atoms with Gasteiger partial charge >= 0.3 is 0 Å². The Balaban J connectivity index is 1.25. The van der Waals surface area contributed by atoms with Crippen LogP contribution in [0.3, 0.4) is 0 Å². The normalized spacial score (nSPS) is 20.5. The summed E-state index contributed by atoms with van der Waals surface area (Å²) < 4.78 is 0.966. The van der Waals surface area contributed by atoms with Gasteiger partial charge in [-0.25, -0.2) is 4.98 Å². The lowest BCUT2D eigenvalue weighted by atomic mass is 9.96. The second-order valence-corrected chi connectivity index (χ2v) is 9.56. The molecule has 3 heterocycles. The fourth-order valence-electron chi connectivity index (χ4n) is 4.08. The van der Waals surface area contributed by atoms with Crippen molar-refractivity contribution < 1.29 is 9.59 Å². The minimum Gasteiger partial charge on any atom is -0.360 e. The van der Waals surface area contributed by atoms with Gasteiger partial charge in [-0.3, -0.25) is 19.8 Å². The molecule has 1 aliphatic carbocycles. The van der Waals surface area contributed by atoms with E-state index in [4.69, 9.17) is 0 Å². The summed E-state index contributed by atoms with van der Waals surface area (Å²) >= 11 is 2.18. The van der Waals surface area contributed by atoms with Crippen LogP contribution in [0.15, 0.2) is 42.7 Å². The maximum absolute atomic E-state index is 12.4. The first-order valence-electron chi connectivity index (χ1n) is 10.6. The van der Waals surface area contributed by atoms with Crippen LogP contribution in [0.4, 0.5) is 11.5 Å². The van der Waals surface area contributed by atoms with Gasteiger partial charge in [-0.15, -0.1) is 0 Å². The number of aromatic nitrogens is 1.